The lowest BCUT2D eigenvalue weighted by atomic mass is 10.2. The van der Waals surface area contributed by atoms with Crippen molar-refractivity contribution in [2.45, 2.75) is 18.9 Å². The minimum Gasteiger partial charge on any atom is -0.496 e. The van der Waals surface area contributed by atoms with E-state index in [1.807, 2.05) is 36.4 Å². The summed E-state index contributed by atoms with van der Waals surface area (Å²) in [4.78, 5) is 6.71. The molecule has 0 aromatic heterocycles. The van der Waals surface area contributed by atoms with Gasteiger partial charge in [0.1, 0.15) is 23.0 Å². The predicted octanol–water partition coefficient (Wildman–Crippen LogP) is 2.93. The first-order valence-electron chi connectivity index (χ1n) is 10.9. The number of ether oxygens (including phenoxy) is 4. The summed E-state index contributed by atoms with van der Waals surface area (Å²) in [5.74, 6) is 3.86. The van der Waals surface area contributed by atoms with Crippen LogP contribution in [0, 0.1) is 0 Å². The summed E-state index contributed by atoms with van der Waals surface area (Å²) in [5.41, 5.74) is 1.13. The van der Waals surface area contributed by atoms with Crippen LogP contribution in [0.4, 0.5) is 5.69 Å². The second-order valence-corrected chi connectivity index (χ2v) is 7.50. The molecule has 174 valence electrons. The third-order valence-electron chi connectivity index (χ3n) is 5.39. The SMILES string of the molecule is CN=C(NCCCOc1cc(OC)cc(OC)c1)NC1CCN(c2ccccc2OC)C1. The molecule has 1 saturated heterocycles. The highest BCUT2D eigenvalue weighted by Gasteiger charge is 2.25. The van der Waals surface area contributed by atoms with E-state index in [4.69, 9.17) is 18.9 Å². The molecule has 2 aromatic carbocycles. The first kappa shape index (κ1) is 23.4. The number of benzene rings is 2. The van der Waals surface area contributed by atoms with Crippen LogP contribution in [0.25, 0.3) is 0 Å². The largest absolute Gasteiger partial charge is 0.496 e. The van der Waals surface area contributed by atoms with E-state index in [1.54, 1.807) is 28.4 Å². The molecule has 3 rings (SSSR count). The Morgan fingerprint density at radius 3 is 2.44 bits per heavy atom. The lowest BCUT2D eigenvalue weighted by Gasteiger charge is -2.22. The minimum atomic E-state index is 0.326. The van der Waals surface area contributed by atoms with Gasteiger partial charge in [-0.1, -0.05) is 12.1 Å². The summed E-state index contributed by atoms with van der Waals surface area (Å²) in [6, 6.07) is 14.0. The Morgan fingerprint density at radius 2 is 1.75 bits per heavy atom. The maximum Gasteiger partial charge on any atom is 0.191 e. The molecular weight excluding hydrogens is 408 g/mol. The number of nitrogens with zero attached hydrogens (tertiary/aromatic N) is 2. The van der Waals surface area contributed by atoms with E-state index in [0.717, 1.165) is 55.6 Å². The van der Waals surface area contributed by atoms with Gasteiger partial charge >= 0.3 is 0 Å². The second-order valence-electron chi connectivity index (χ2n) is 7.50. The van der Waals surface area contributed by atoms with E-state index in [1.165, 1.54) is 0 Å². The lowest BCUT2D eigenvalue weighted by Crippen LogP contribution is -2.45. The molecule has 0 bridgehead atoms. The van der Waals surface area contributed by atoms with Gasteiger partial charge < -0.3 is 34.5 Å². The Kier molecular flexibility index (Phi) is 8.71. The smallest absolute Gasteiger partial charge is 0.191 e. The number of hydrogen-bond acceptors (Lipinski definition) is 6. The Hall–Kier alpha value is -3.29. The normalized spacial score (nSPS) is 15.9. The van der Waals surface area contributed by atoms with E-state index < -0.39 is 0 Å². The van der Waals surface area contributed by atoms with E-state index >= 15 is 0 Å². The van der Waals surface area contributed by atoms with Crippen LogP contribution in [0.3, 0.4) is 0 Å². The fourth-order valence-corrected chi connectivity index (χ4v) is 3.71. The third-order valence-corrected chi connectivity index (χ3v) is 5.39. The maximum absolute atomic E-state index is 5.85. The lowest BCUT2D eigenvalue weighted by molar-refractivity contribution is 0.305. The summed E-state index contributed by atoms with van der Waals surface area (Å²) in [5, 5.41) is 6.90. The highest BCUT2D eigenvalue weighted by molar-refractivity contribution is 5.80. The van der Waals surface area contributed by atoms with E-state index in [-0.39, 0.29) is 0 Å². The molecule has 8 heteroatoms. The second kappa shape index (κ2) is 11.9. The molecule has 8 nitrogen and oxygen atoms in total. The minimum absolute atomic E-state index is 0.326. The quantitative estimate of drug-likeness (QED) is 0.333. The average Bonchev–Trinajstić information content (AvgIpc) is 3.31. The highest BCUT2D eigenvalue weighted by atomic mass is 16.5. The highest BCUT2D eigenvalue weighted by Crippen LogP contribution is 2.30. The number of methoxy groups -OCH3 is 3. The summed E-state index contributed by atoms with van der Waals surface area (Å²) in [7, 11) is 6.76. The number of para-hydroxylation sites is 2. The van der Waals surface area contributed by atoms with Crippen LogP contribution in [0.2, 0.25) is 0 Å². The zero-order valence-electron chi connectivity index (χ0n) is 19.4. The molecule has 0 aliphatic carbocycles. The molecule has 1 atom stereocenters. The van der Waals surface area contributed by atoms with Crippen molar-refractivity contribution in [3.8, 4) is 23.0 Å². The van der Waals surface area contributed by atoms with Gasteiger partial charge in [-0.2, -0.15) is 0 Å². The van der Waals surface area contributed by atoms with E-state index in [2.05, 4.69) is 26.6 Å². The van der Waals surface area contributed by atoms with E-state index in [9.17, 15) is 0 Å². The van der Waals surface area contributed by atoms with Crippen LogP contribution in [-0.2, 0) is 0 Å². The number of hydrogen-bond donors (Lipinski definition) is 2. The summed E-state index contributed by atoms with van der Waals surface area (Å²) >= 11 is 0. The van der Waals surface area contributed by atoms with E-state index in [0.29, 0.717) is 24.1 Å². The van der Waals surface area contributed by atoms with Gasteiger partial charge in [0.2, 0.25) is 0 Å². The number of anilines is 1. The third kappa shape index (κ3) is 6.35. The average molecular weight is 443 g/mol. The van der Waals surface area contributed by atoms with Crippen molar-refractivity contribution in [1.82, 2.24) is 10.6 Å². The number of rotatable bonds is 10. The number of guanidine groups is 1. The zero-order chi connectivity index (χ0) is 22.8. The summed E-state index contributed by atoms with van der Waals surface area (Å²) in [6.45, 7) is 3.21. The summed E-state index contributed by atoms with van der Waals surface area (Å²) in [6.07, 6.45) is 1.87. The van der Waals surface area contributed by atoms with Gasteiger partial charge in [-0.15, -0.1) is 0 Å². The Bertz CT molecular complexity index is 868. The summed E-state index contributed by atoms with van der Waals surface area (Å²) < 4.78 is 21.9. The van der Waals surface area contributed by atoms with Gasteiger partial charge in [0, 0.05) is 50.9 Å². The van der Waals surface area contributed by atoms with Crippen molar-refractivity contribution in [1.29, 1.82) is 0 Å². The fraction of sp³-hybridized carbons (Fsp3) is 0.458. The van der Waals surface area contributed by atoms with Crippen LogP contribution in [0.1, 0.15) is 12.8 Å². The van der Waals surface area contributed by atoms with Crippen molar-refractivity contribution >= 4 is 11.6 Å². The number of aliphatic imine (C=N–C) groups is 1. The predicted molar refractivity (Wildman–Crippen MR) is 128 cm³/mol. The van der Waals surface area contributed by atoms with Crippen LogP contribution >= 0.6 is 0 Å². The van der Waals surface area contributed by atoms with Gasteiger partial charge in [0.15, 0.2) is 5.96 Å². The molecule has 0 radical (unpaired) electrons. The van der Waals surface area contributed by atoms with Crippen molar-refractivity contribution in [2.75, 3.05) is 59.5 Å². The molecular formula is C24H34N4O4. The van der Waals surface area contributed by atoms with Crippen LogP contribution in [-0.4, -0.2) is 66.6 Å². The molecule has 2 aromatic rings. The van der Waals surface area contributed by atoms with Gasteiger partial charge in [0.25, 0.3) is 0 Å². The number of nitrogens with one attached hydrogen (secondary N) is 2. The monoisotopic (exact) mass is 442 g/mol. The van der Waals surface area contributed by atoms with Crippen molar-refractivity contribution in [3.05, 3.63) is 42.5 Å². The Morgan fingerprint density at radius 1 is 1.03 bits per heavy atom. The van der Waals surface area contributed by atoms with Crippen LogP contribution in [0.15, 0.2) is 47.5 Å². The molecule has 1 unspecified atom stereocenters. The molecule has 32 heavy (non-hydrogen) atoms. The van der Waals surface area contributed by atoms with Crippen LogP contribution < -0.4 is 34.5 Å². The Labute approximate surface area is 190 Å². The maximum atomic E-state index is 5.85. The van der Waals surface area contributed by atoms with Gasteiger partial charge in [-0.25, -0.2) is 0 Å². The molecule has 0 amide bonds. The molecule has 2 N–H and O–H groups in total. The molecule has 1 fully saturated rings. The van der Waals surface area contributed by atoms with Gasteiger partial charge in [0.05, 0.1) is 33.6 Å². The molecule has 1 aliphatic heterocycles. The van der Waals surface area contributed by atoms with Crippen molar-refractivity contribution in [2.24, 2.45) is 4.99 Å². The molecule has 0 spiro atoms. The van der Waals surface area contributed by atoms with Gasteiger partial charge in [-0.3, -0.25) is 4.99 Å². The fourth-order valence-electron chi connectivity index (χ4n) is 3.71. The van der Waals surface area contributed by atoms with Gasteiger partial charge in [-0.05, 0) is 25.0 Å². The first-order valence-corrected chi connectivity index (χ1v) is 10.9. The molecule has 1 heterocycles. The zero-order valence-corrected chi connectivity index (χ0v) is 19.4. The first-order chi connectivity index (χ1) is 15.7. The van der Waals surface area contributed by atoms with Crippen molar-refractivity contribution in [3.63, 3.8) is 0 Å². The Balaban J connectivity index is 1.40. The van der Waals surface area contributed by atoms with Crippen molar-refractivity contribution < 1.29 is 18.9 Å². The standard InChI is InChI=1S/C24H34N4O4/c1-25-24(26-11-7-13-32-21-15-19(29-2)14-20(16-21)30-3)27-18-10-12-28(17-18)22-8-5-6-9-23(22)31-4/h5-6,8-9,14-16,18H,7,10-13,17H2,1-4H3,(H2,25,26,27). The topological polar surface area (TPSA) is 76.6 Å². The molecule has 0 saturated carbocycles. The molecule has 1 aliphatic rings. The van der Waals surface area contributed by atoms with Crippen LogP contribution in [0.5, 0.6) is 23.0 Å².